The van der Waals surface area contributed by atoms with E-state index in [4.69, 9.17) is 4.74 Å². The summed E-state index contributed by atoms with van der Waals surface area (Å²) in [6.07, 6.45) is 3.91. The van der Waals surface area contributed by atoms with Gasteiger partial charge in [-0.15, -0.1) is 11.3 Å². The van der Waals surface area contributed by atoms with Crippen molar-refractivity contribution in [2.24, 2.45) is 0 Å². The van der Waals surface area contributed by atoms with Gasteiger partial charge in [-0.05, 0) is 13.8 Å². The third-order valence-corrected chi connectivity index (χ3v) is 2.39. The van der Waals surface area contributed by atoms with Gasteiger partial charge >= 0.3 is 5.97 Å². The van der Waals surface area contributed by atoms with Gasteiger partial charge in [-0.3, -0.25) is 4.79 Å². The van der Waals surface area contributed by atoms with Gasteiger partial charge in [0.25, 0.3) is 0 Å². The van der Waals surface area contributed by atoms with Gasteiger partial charge in [0.2, 0.25) is 0 Å². The van der Waals surface area contributed by atoms with E-state index in [0.717, 1.165) is 10.7 Å². The van der Waals surface area contributed by atoms with Crippen molar-refractivity contribution in [3.63, 3.8) is 0 Å². The topological polar surface area (TPSA) is 39.2 Å². The van der Waals surface area contributed by atoms with Gasteiger partial charge in [-0.2, -0.15) is 0 Å². The lowest BCUT2D eigenvalue weighted by Crippen LogP contribution is -2.08. The molecule has 1 heterocycles. The molecule has 1 aromatic heterocycles. The van der Waals surface area contributed by atoms with E-state index in [9.17, 15) is 4.79 Å². The molecule has 0 fully saturated rings. The Morgan fingerprint density at radius 2 is 2.50 bits per heavy atom. The van der Waals surface area contributed by atoms with E-state index in [2.05, 4.69) is 4.98 Å². The van der Waals surface area contributed by atoms with E-state index in [1.807, 2.05) is 25.3 Å². The van der Waals surface area contributed by atoms with Crippen molar-refractivity contribution in [2.45, 2.75) is 20.3 Å². The quantitative estimate of drug-likeness (QED) is 0.565. The van der Waals surface area contributed by atoms with E-state index < -0.39 is 0 Å². The van der Waals surface area contributed by atoms with Gasteiger partial charge in [-0.25, -0.2) is 4.98 Å². The van der Waals surface area contributed by atoms with Gasteiger partial charge in [0.15, 0.2) is 0 Å². The molecule has 3 nitrogen and oxygen atoms in total. The zero-order valence-corrected chi connectivity index (χ0v) is 9.13. The fourth-order valence-corrected chi connectivity index (χ4v) is 1.54. The Kier molecular flexibility index (Phi) is 4.32. The van der Waals surface area contributed by atoms with Crippen LogP contribution in [-0.2, 0) is 16.0 Å². The molecular weight excluding hydrogens is 198 g/mol. The Labute approximate surface area is 87.4 Å². The van der Waals surface area contributed by atoms with E-state index in [1.165, 1.54) is 0 Å². The predicted octanol–water partition coefficient (Wildman–Crippen LogP) is 2.11. The Morgan fingerprint density at radius 1 is 1.71 bits per heavy atom. The second-order valence-corrected chi connectivity index (χ2v) is 3.85. The predicted molar refractivity (Wildman–Crippen MR) is 56.3 cm³/mol. The number of ether oxygens (including phenoxy) is 1. The highest BCUT2D eigenvalue weighted by Crippen LogP contribution is 2.08. The van der Waals surface area contributed by atoms with Crippen molar-refractivity contribution in [1.29, 1.82) is 0 Å². The van der Waals surface area contributed by atoms with Crippen molar-refractivity contribution >= 4 is 17.3 Å². The average Bonchev–Trinajstić information content (AvgIpc) is 2.52. The first-order valence-electron chi connectivity index (χ1n) is 4.40. The number of aromatic nitrogens is 1. The molecule has 0 radical (unpaired) electrons. The van der Waals surface area contributed by atoms with Crippen molar-refractivity contribution in [2.75, 3.05) is 6.61 Å². The first-order chi connectivity index (χ1) is 6.72. The number of carbonyl (C=O) groups is 1. The maximum atomic E-state index is 11.2. The lowest BCUT2D eigenvalue weighted by molar-refractivity contribution is -0.141. The number of aryl methyl sites for hydroxylation is 1. The number of esters is 1. The maximum absolute atomic E-state index is 11.2. The number of allylic oxidation sites excluding steroid dienone is 1. The Morgan fingerprint density at radius 3 is 3.07 bits per heavy atom. The molecule has 0 unspecified atom stereocenters. The molecule has 76 valence electrons. The largest absolute Gasteiger partial charge is 0.461 e. The molecule has 0 saturated heterocycles. The smallest absolute Gasteiger partial charge is 0.312 e. The fourth-order valence-electron chi connectivity index (χ4n) is 0.926. The SMILES string of the molecule is C/C=C/COC(=O)Cc1csc(C)n1. The molecule has 1 aromatic rings. The molecule has 0 bridgehead atoms. The molecule has 0 aliphatic rings. The van der Waals surface area contributed by atoms with Crippen LogP contribution in [0, 0.1) is 6.92 Å². The molecule has 0 saturated carbocycles. The number of rotatable bonds is 4. The third-order valence-electron chi connectivity index (χ3n) is 1.57. The third kappa shape index (κ3) is 3.70. The van der Waals surface area contributed by atoms with Crippen LogP contribution in [0.25, 0.3) is 0 Å². The molecule has 0 aromatic carbocycles. The van der Waals surface area contributed by atoms with Crippen LogP contribution >= 0.6 is 11.3 Å². The average molecular weight is 211 g/mol. The first kappa shape index (κ1) is 10.9. The maximum Gasteiger partial charge on any atom is 0.312 e. The lowest BCUT2D eigenvalue weighted by atomic mass is 10.3. The highest BCUT2D eigenvalue weighted by atomic mass is 32.1. The summed E-state index contributed by atoms with van der Waals surface area (Å²) in [7, 11) is 0. The monoisotopic (exact) mass is 211 g/mol. The van der Waals surface area contributed by atoms with Crippen LogP contribution < -0.4 is 0 Å². The Hall–Kier alpha value is -1.16. The summed E-state index contributed by atoms with van der Waals surface area (Å²) in [6, 6.07) is 0. The van der Waals surface area contributed by atoms with Crippen LogP contribution in [-0.4, -0.2) is 17.6 Å². The highest BCUT2D eigenvalue weighted by Gasteiger charge is 2.06. The van der Waals surface area contributed by atoms with Crippen LogP contribution in [0.5, 0.6) is 0 Å². The van der Waals surface area contributed by atoms with E-state index in [0.29, 0.717) is 6.61 Å². The summed E-state index contributed by atoms with van der Waals surface area (Å²) >= 11 is 1.54. The minimum atomic E-state index is -0.228. The molecule has 14 heavy (non-hydrogen) atoms. The second-order valence-electron chi connectivity index (χ2n) is 2.79. The lowest BCUT2D eigenvalue weighted by Gasteiger charge is -1.98. The molecule has 0 N–H and O–H groups in total. The summed E-state index contributed by atoms with van der Waals surface area (Å²) in [5.74, 6) is -0.228. The normalized spacial score (nSPS) is 10.7. The van der Waals surface area contributed by atoms with E-state index in [1.54, 1.807) is 17.4 Å². The van der Waals surface area contributed by atoms with Crippen LogP contribution in [0.15, 0.2) is 17.5 Å². The van der Waals surface area contributed by atoms with Gasteiger partial charge in [-0.1, -0.05) is 12.2 Å². The summed E-state index contributed by atoms with van der Waals surface area (Å²) in [5, 5.41) is 2.85. The van der Waals surface area contributed by atoms with Crippen molar-refractivity contribution < 1.29 is 9.53 Å². The standard InChI is InChI=1S/C10H13NO2S/c1-3-4-5-13-10(12)6-9-7-14-8(2)11-9/h3-4,7H,5-6H2,1-2H3/b4-3+. The van der Waals surface area contributed by atoms with Crippen LogP contribution in [0.1, 0.15) is 17.6 Å². The molecular formula is C10H13NO2S. The second kappa shape index (κ2) is 5.54. The zero-order chi connectivity index (χ0) is 10.4. The molecule has 0 spiro atoms. The van der Waals surface area contributed by atoms with Gasteiger partial charge < -0.3 is 4.74 Å². The molecule has 0 aliphatic heterocycles. The Bertz CT molecular complexity index is 331. The van der Waals surface area contributed by atoms with Crippen LogP contribution in [0.3, 0.4) is 0 Å². The van der Waals surface area contributed by atoms with Gasteiger partial charge in [0, 0.05) is 5.38 Å². The fraction of sp³-hybridized carbons (Fsp3) is 0.400. The number of hydrogen-bond donors (Lipinski definition) is 0. The summed E-state index contributed by atoms with van der Waals surface area (Å²) in [5.41, 5.74) is 0.790. The number of thiazole rings is 1. The molecule has 0 amide bonds. The van der Waals surface area contributed by atoms with Crippen molar-refractivity contribution in [1.82, 2.24) is 4.98 Å². The highest BCUT2D eigenvalue weighted by molar-refractivity contribution is 7.09. The van der Waals surface area contributed by atoms with Crippen molar-refractivity contribution in [3.8, 4) is 0 Å². The summed E-state index contributed by atoms with van der Waals surface area (Å²) in [6.45, 7) is 4.15. The molecule has 0 atom stereocenters. The zero-order valence-electron chi connectivity index (χ0n) is 8.32. The van der Waals surface area contributed by atoms with E-state index >= 15 is 0 Å². The van der Waals surface area contributed by atoms with Crippen molar-refractivity contribution in [3.05, 3.63) is 28.2 Å². The molecule has 1 rings (SSSR count). The minimum Gasteiger partial charge on any atom is -0.461 e. The molecule has 0 aliphatic carbocycles. The van der Waals surface area contributed by atoms with Gasteiger partial charge in [0.1, 0.15) is 6.61 Å². The van der Waals surface area contributed by atoms with E-state index in [-0.39, 0.29) is 12.4 Å². The first-order valence-corrected chi connectivity index (χ1v) is 5.28. The Balaban J connectivity index is 2.34. The minimum absolute atomic E-state index is 0.228. The summed E-state index contributed by atoms with van der Waals surface area (Å²) in [4.78, 5) is 15.4. The van der Waals surface area contributed by atoms with Gasteiger partial charge in [0.05, 0.1) is 17.1 Å². The number of hydrogen-bond acceptors (Lipinski definition) is 4. The number of nitrogens with zero attached hydrogens (tertiary/aromatic N) is 1. The van der Waals surface area contributed by atoms with Crippen LogP contribution in [0.4, 0.5) is 0 Å². The molecule has 4 heteroatoms. The number of carbonyl (C=O) groups excluding carboxylic acids is 1. The van der Waals surface area contributed by atoms with Crippen LogP contribution in [0.2, 0.25) is 0 Å². The summed E-state index contributed by atoms with van der Waals surface area (Å²) < 4.78 is 4.93.